The van der Waals surface area contributed by atoms with E-state index in [4.69, 9.17) is 4.74 Å². The van der Waals surface area contributed by atoms with Crippen molar-refractivity contribution in [1.82, 2.24) is 15.1 Å². The van der Waals surface area contributed by atoms with Gasteiger partial charge in [-0.2, -0.15) is 5.10 Å². The minimum Gasteiger partial charge on any atom is -0.449 e. The Labute approximate surface area is 179 Å². The average molecular weight is 419 g/mol. The van der Waals surface area contributed by atoms with Crippen molar-refractivity contribution in [3.8, 4) is 16.9 Å². The predicted octanol–water partition coefficient (Wildman–Crippen LogP) is 3.90. The number of carbonyl (C=O) groups is 2. The Hall–Kier alpha value is -3.74. The smallest absolute Gasteiger partial charge is 0.331 e. The van der Waals surface area contributed by atoms with Crippen molar-refractivity contribution in [2.24, 2.45) is 0 Å². The second kappa shape index (κ2) is 8.95. The fraction of sp³-hybridized carbons (Fsp3) is 0.208. The number of hydrogen-bond acceptors (Lipinski definition) is 4. The zero-order valence-electron chi connectivity index (χ0n) is 17.0. The van der Waals surface area contributed by atoms with Crippen LogP contribution in [0.15, 0.2) is 66.9 Å². The van der Waals surface area contributed by atoms with Crippen LogP contribution in [0.2, 0.25) is 0 Å². The number of ether oxygens (including phenoxy) is 1. The van der Waals surface area contributed by atoms with E-state index in [1.807, 2.05) is 30.3 Å². The van der Waals surface area contributed by atoms with Crippen molar-refractivity contribution in [1.29, 1.82) is 0 Å². The van der Waals surface area contributed by atoms with E-state index in [2.05, 4.69) is 10.4 Å². The summed E-state index contributed by atoms with van der Waals surface area (Å²) in [7, 11) is 0. The topological polar surface area (TPSA) is 73.2 Å². The summed E-state index contributed by atoms with van der Waals surface area (Å²) < 4.78 is 20.3. The second-order valence-corrected chi connectivity index (χ2v) is 7.42. The summed E-state index contributed by atoms with van der Waals surface area (Å²) in [6.07, 6.45) is 5.68. The molecule has 1 heterocycles. The molecule has 1 N–H and O–H groups in total. The van der Waals surface area contributed by atoms with Crippen LogP contribution in [0.1, 0.15) is 25.3 Å². The maximum absolute atomic E-state index is 13.4. The van der Waals surface area contributed by atoms with Gasteiger partial charge in [0, 0.05) is 29.4 Å². The van der Waals surface area contributed by atoms with Crippen molar-refractivity contribution in [3.05, 3.63) is 78.3 Å². The Morgan fingerprint density at radius 3 is 2.55 bits per heavy atom. The van der Waals surface area contributed by atoms with Gasteiger partial charge in [0.15, 0.2) is 6.10 Å². The van der Waals surface area contributed by atoms with E-state index in [0.29, 0.717) is 16.8 Å². The lowest BCUT2D eigenvalue weighted by atomic mass is 10.1. The Bertz CT molecular complexity index is 1100. The molecule has 0 spiro atoms. The van der Waals surface area contributed by atoms with E-state index >= 15 is 0 Å². The van der Waals surface area contributed by atoms with Gasteiger partial charge >= 0.3 is 5.97 Å². The predicted molar refractivity (Wildman–Crippen MR) is 115 cm³/mol. The molecule has 1 aliphatic rings. The molecule has 0 radical (unpaired) electrons. The summed E-state index contributed by atoms with van der Waals surface area (Å²) in [4.78, 5) is 24.2. The van der Waals surface area contributed by atoms with Crippen LogP contribution in [0.5, 0.6) is 0 Å². The number of aromatic nitrogens is 2. The average Bonchev–Trinajstić information content (AvgIpc) is 3.49. The highest BCUT2D eigenvalue weighted by Gasteiger charge is 2.26. The van der Waals surface area contributed by atoms with Gasteiger partial charge in [0.25, 0.3) is 5.91 Å². The molecule has 1 fully saturated rings. The minimum atomic E-state index is -0.874. The molecule has 1 aromatic heterocycles. The molecule has 31 heavy (non-hydrogen) atoms. The molecule has 1 amide bonds. The SMILES string of the molecule is C[C@H](OC(=O)/C=C/c1cn(-c2ccccc2)nc1-c1ccc(F)cc1)C(=O)NC1CC1. The van der Waals surface area contributed by atoms with Crippen LogP contribution in [-0.2, 0) is 14.3 Å². The molecule has 1 atom stereocenters. The highest BCUT2D eigenvalue weighted by atomic mass is 19.1. The number of halogens is 1. The largest absolute Gasteiger partial charge is 0.449 e. The second-order valence-electron chi connectivity index (χ2n) is 7.42. The highest BCUT2D eigenvalue weighted by molar-refractivity contribution is 5.91. The number of para-hydroxylation sites is 1. The van der Waals surface area contributed by atoms with Crippen molar-refractivity contribution < 1.29 is 18.7 Å². The number of rotatable bonds is 7. The molecule has 0 unspecified atom stereocenters. The van der Waals surface area contributed by atoms with Crippen molar-refractivity contribution in [2.45, 2.75) is 31.9 Å². The third-order valence-corrected chi connectivity index (χ3v) is 4.87. The molecule has 4 rings (SSSR count). The van der Waals surface area contributed by atoms with Gasteiger partial charge < -0.3 is 10.1 Å². The normalized spacial score (nSPS) is 14.4. The molecule has 0 bridgehead atoms. The Morgan fingerprint density at radius 1 is 1.16 bits per heavy atom. The standard InChI is InChI=1S/C24H22FN3O3/c1-16(24(30)26-20-12-13-20)31-22(29)14-9-18-15-28(21-5-3-2-4-6-21)27-23(18)17-7-10-19(25)11-8-17/h2-11,14-16,20H,12-13H2,1H3,(H,26,30)/b14-9+/t16-/m0/s1. The minimum absolute atomic E-state index is 0.200. The van der Waals surface area contributed by atoms with Gasteiger partial charge in [-0.1, -0.05) is 18.2 Å². The molecule has 0 aliphatic heterocycles. The first kappa shape index (κ1) is 20.5. The summed E-state index contributed by atoms with van der Waals surface area (Å²) in [5, 5.41) is 7.42. The lowest BCUT2D eigenvalue weighted by Crippen LogP contribution is -2.36. The molecular weight excluding hydrogens is 397 g/mol. The molecule has 7 heteroatoms. The third kappa shape index (κ3) is 5.25. The van der Waals surface area contributed by atoms with E-state index in [-0.39, 0.29) is 17.8 Å². The molecule has 6 nitrogen and oxygen atoms in total. The molecule has 1 saturated carbocycles. The highest BCUT2D eigenvalue weighted by Crippen LogP contribution is 2.25. The number of nitrogens with one attached hydrogen (secondary N) is 1. The summed E-state index contributed by atoms with van der Waals surface area (Å²) in [6.45, 7) is 1.54. The maximum atomic E-state index is 13.4. The number of amides is 1. The summed E-state index contributed by atoms with van der Waals surface area (Å²) in [6, 6.07) is 15.7. The first-order valence-electron chi connectivity index (χ1n) is 10.1. The lowest BCUT2D eigenvalue weighted by Gasteiger charge is -2.11. The number of esters is 1. The summed E-state index contributed by atoms with van der Waals surface area (Å²) in [5.41, 5.74) is 2.80. The van der Waals surface area contributed by atoms with E-state index in [1.165, 1.54) is 18.2 Å². The molecule has 158 valence electrons. The zero-order valence-corrected chi connectivity index (χ0v) is 17.0. The van der Waals surface area contributed by atoms with Crippen LogP contribution in [0, 0.1) is 5.82 Å². The fourth-order valence-corrected chi connectivity index (χ4v) is 3.03. The summed E-state index contributed by atoms with van der Waals surface area (Å²) in [5.74, 6) is -1.27. The summed E-state index contributed by atoms with van der Waals surface area (Å²) >= 11 is 0. The zero-order chi connectivity index (χ0) is 21.8. The van der Waals surface area contributed by atoms with Gasteiger partial charge in [0.05, 0.1) is 11.4 Å². The number of hydrogen-bond donors (Lipinski definition) is 1. The first-order valence-corrected chi connectivity index (χ1v) is 10.1. The molecular formula is C24H22FN3O3. The molecule has 3 aromatic rings. The van der Waals surface area contributed by atoms with E-state index in [1.54, 1.807) is 36.0 Å². The van der Waals surface area contributed by atoms with Gasteiger partial charge in [0.2, 0.25) is 0 Å². The Kier molecular flexibility index (Phi) is 5.93. The van der Waals surface area contributed by atoms with Crippen LogP contribution in [0.25, 0.3) is 23.0 Å². The Morgan fingerprint density at radius 2 is 1.87 bits per heavy atom. The molecule has 0 saturated heterocycles. The Balaban J connectivity index is 1.55. The fourth-order valence-electron chi connectivity index (χ4n) is 3.03. The number of carbonyl (C=O) groups excluding carboxylic acids is 2. The number of benzene rings is 2. The van der Waals surface area contributed by atoms with E-state index in [9.17, 15) is 14.0 Å². The van der Waals surface area contributed by atoms with Crippen molar-refractivity contribution in [3.63, 3.8) is 0 Å². The van der Waals surface area contributed by atoms with Gasteiger partial charge in [-0.3, -0.25) is 4.79 Å². The van der Waals surface area contributed by atoms with Crippen LogP contribution in [-0.4, -0.2) is 33.8 Å². The van der Waals surface area contributed by atoms with Crippen LogP contribution >= 0.6 is 0 Å². The van der Waals surface area contributed by atoms with Crippen LogP contribution in [0.3, 0.4) is 0 Å². The van der Waals surface area contributed by atoms with Gasteiger partial charge in [-0.15, -0.1) is 0 Å². The van der Waals surface area contributed by atoms with Gasteiger partial charge in [0.1, 0.15) is 5.82 Å². The molecule has 1 aliphatic carbocycles. The quantitative estimate of drug-likeness (QED) is 0.466. The van der Waals surface area contributed by atoms with Crippen molar-refractivity contribution >= 4 is 18.0 Å². The first-order chi connectivity index (χ1) is 15.0. The maximum Gasteiger partial charge on any atom is 0.331 e. The number of nitrogens with zero attached hydrogens (tertiary/aromatic N) is 2. The van der Waals surface area contributed by atoms with Crippen LogP contribution in [0.4, 0.5) is 4.39 Å². The van der Waals surface area contributed by atoms with Gasteiger partial charge in [-0.05, 0) is 62.2 Å². The van der Waals surface area contributed by atoms with Gasteiger partial charge in [-0.25, -0.2) is 13.9 Å². The third-order valence-electron chi connectivity index (χ3n) is 4.87. The van der Waals surface area contributed by atoms with E-state index in [0.717, 1.165) is 18.5 Å². The molecule has 2 aromatic carbocycles. The monoisotopic (exact) mass is 419 g/mol. The van der Waals surface area contributed by atoms with E-state index < -0.39 is 12.1 Å². The lowest BCUT2D eigenvalue weighted by molar-refractivity contribution is -0.150. The van der Waals surface area contributed by atoms with Crippen molar-refractivity contribution in [2.75, 3.05) is 0 Å². The van der Waals surface area contributed by atoms with Crippen LogP contribution < -0.4 is 5.32 Å².